The molecule has 0 aliphatic rings. The number of rotatable bonds is 2. The molecule has 0 bridgehead atoms. The number of hydrogen-bond acceptors (Lipinski definition) is 9. The Balaban J connectivity index is -0.0000000192. The standard InChI is InChI=1S/2C2H4O2.2CH2O3.2Na.H2/c2*1-2(3)4;2*2-1-4-3;;;/h2*1H3,(H,3,4);2*1,3H;;;1H/q;;;;2*+1;/p-2. The molecule has 2 N–H and O–H groups in total. The third-order valence-electron chi connectivity index (χ3n) is 0.0823. The first-order valence-corrected chi connectivity index (χ1v) is 3.13. The molecule has 0 aromatic heterocycles. The summed E-state index contributed by atoms with van der Waals surface area (Å²) in [7, 11) is 0. The van der Waals surface area contributed by atoms with E-state index in [9.17, 15) is 0 Å². The molecule has 0 aliphatic carbocycles. The van der Waals surface area contributed by atoms with Crippen molar-refractivity contribution in [3.8, 4) is 0 Å². The molecule has 0 aliphatic heterocycles. The quantitative estimate of drug-likeness (QED) is 0.215. The number of carbonyl (C=O) groups is 4. The van der Waals surface area contributed by atoms with Gasteiger partial charge in [0.25, 0.3) is 12.4 Å². The van der Waals surface area contributed by atoms with Crippen molar-refractivity contribution >= 4 is 24.9 Å². The van der Waals surface area contributed by atoms with E-state index in [2.05, 4.69) is 9.78 Å². The van der Waals surface area contributed by atoms with Crippen LogP contribution in [-0.2, 0) is 29.0 Å². The molecule has 0 aromatic carbocycles. The summed E-state index contributed by atoms with van der Waals surface area (Å²) in [5, 5.41) is 31.7. The normalized spacial score (nSPS) is 5.11. The molecule has 98 valence electrons. The molecule has 0 spiro atoms. The van der Waals surface area contributed by atoms with E-state index in [4.69, 9.17) is 39.9 Å². The minimum atomic E-state index is -1.08. The van der Waals surface area contributed by atoms with Crippen LogP contribution in [0.3, 0.4) is 0 Å². The van der Waals surface area contributed by atoms with Gasteiger partial charge >= 0.3 is 65.6 Å². The van der Waals surface area contributed by atoms with Crippen LogP contribution in [0.1, 0.15) is 15.3 Å². The van der Waals surface area contributed by atoms with E-state index < -0.39 is 11.9 Å². The van der Waals surface area contributed by atoms with Crippen LogP contribution < -0.4 is 69.5 Å². The zero-order valence-corrected chi connectivity index (χ0v) is 14.3. The minimum absolute atomic E-state index is 0. The maximum atomic E-state index is 9.00. The van der Waals surface area contributed by atoms with Crippen LogP contribution in [0.25, 0.3) is 0 Å². The Morgan fingerprint density at radius 2 is 1.28 bits per heavy atom. The summed E-state index contributed by atoms with van der Waals surface area (Å²) in [5.41, 5.74) is 0. The van der Waals surface area contributed by atoms with Crippen molar-refractivity contribution in [2.24, 2.45) is 0 Å². The van der Waals surface area contributed by atoms with E-state index in [1.165, 1.54) is 0 Å². The van der Waals surface area contributed by atoms with Gasteiger partial charge in [-0.1, -0.05) is 0 Å². The zero-order chi connectivity index (χ0) is 14.0. The molecule has 0 fully saturated rings. The largest absolute Gasteiger partial charge is 1.00 e. The first-order valence-electron chi connectivity index (χ1n) is 3.13. The van der Waals surface area contributed by atoms with Gasteiger partial charge in [-0.25, -0.2) is 5.26 Å². The fourth-order valence-corrected chi connectivity index (χ4v) is 0. The molecule has 10 nitrogen and oxygen atoms in total. The van der Waals surface area contributed by atoms with Crippen LogP contribution >= 0.6 is 0 Å². The van der Waals surface area contributed by atoms with Crippen LogP contribution in [0.5, 0.6) is 0 Å². The van der Waals surface area contributed by atoms with Gasteiger partial charge in [-0.2, -0.15) is 0 Å². The molecule has 0 amide bonds. The molecule has 0 heterocycles. The Morgan fingerprint density at radius 1 is 1.17 bits per heavy atom. The zero-order valence-electron chi connectivity index (χ0n) is 10.3. The maximum absolute atomic E-state index is 9.00. The monoisotopic (exact) mass is 290 g/mol. The van der Waals surface area contributed by atoms with Crippen molar-refractivity contribution in [1.29, 1.82) is 0 Å². The van der Waals surface area contributed by atoms with Gasteiger partial charge in [0.1, 0.15) is 0 Å². The molecule has 0 atom stereocenters. The average molecular weight is 290 g/mol. The van der Waals surface area contributed by atoms with E-state index in [1.54, 1.807) is 0 Å². The van der Waals surface area contributed by atoms with Gasteiger partial charge in [0.15, 0.2) is 0 Å². The van der Waals surface area contributed by atoms with Crippen molar-refractivity contribution in [1.82, 2.24) is 0 Å². The van der Waals surface area contributed by atoms with Crippen LogP contribution in [0, 0.1) is 0 Å². The number of carboxylic acids is 2. The molecule has 18 heavy (non-hydrogen) atoms. The number of carbonyl (C=O) groups excluding carboxylic acids is 3. The Morgan fingerprint density at radius 3 is 1.28 bits per heavy atom. The Hall–Kier alpha value is -0.200. The third-order valence-corrected chi connectivity index (χ3v) is 0.0823. The summed E-state index contributed by atoms with van der Waals surface area (Å²) in [5.74, 6) is -1.92. The van der Waals surface area contributed by atoms with Crippen molar-refractivity contribution < 1.29 is 110 Å². The first kappa shape index (κ1) is 36.1. The molecule has 0 aromatic rings. The summed E-state index contributed by atoms with van der Waals surface area (Å²) in [6.07, 6.45) is 0. The Labute approximate surface area is 148 Å². The Bertz CT molecular complexity index is 163. The van der Waals surface area contributed by atoms with Crippen molar-refractivity contribution in [2.45, 2.75) is 13.8 Å². The molecular formula is C6H12Na2O10. The summed E-state index contributed by atoms with van der Waals surface area (Å²) >= 11 is 0. The van der Waals surface area contributed by atoms with E-state index in [-0.39, 0.29) is 73.5 Å². The fourth-order valence-electron chi connectivity index (χ4n) is 0. The molecule has 0 saturated carbocycles. The van der Waals surface area contributed by atoms with Crippen LogP contribution in [0.2, 0.25) is 0 Å². The SMILES string of the molecule is CC(=O)O.CC(=O)[O-].O=COO.O=CO[O-].[HH].[Na+].[Na+]. The van der Waals surface area contributed by atoms with Crippen molar-refractivity contribution in [3.05, 3.63) is 0 Å². The number of aliphatic carboxylic acids is 2. The van der Waals surface area contributed by atoms with E-state index in [1.807, 2.05) is 0 Å². The molecule has 0 unspecified atom stereocenters. The predicted molar refractivity (Wildman–Crippen MR) is 43.0 cm³/mol. The summed E-state index contributed by atoms with van der Waals surface area (Å²) in [6.45, 7) is 1.81. The number of hydrogen-bond donors (Lipinski definition) is 2. The molecule has 0 rings (SSSR count). The topological polar surface area (TPSA) is 173 Å². The summed E-state index contributed by atoms with van der Waals surface area (Å²) in [6, 6.07) is 0. The third kappa shape index (κ3) is 1070. The second-order valence-corrected chi connectivity index (χ2v) is 1.40. The van der Waals surface area contributed by atoms with Crippen LogP contribution in [0.4, 0.5) is 0 Å². The van der Waals surface area contributed by atoms with Gasteiger partial charge in [0, 0.05) is 14.3 Å². The second kappa shape index (κ2) is 43.7. The maximum Gasteiger partial charge on any atom is 1.00 e. The predicted octanol–water partition coefficient (Wildman–Crippen LogP) is -8.83. The second-order valence-electron chi connectivity index (χ2n) is 1.40. The molecular weight excluding hydrogens is 278 g/mol. The van der Waals surface area contributed by atoms with Gasteiger partial charge in [0.2, 0.25) is 0 Å². The summed E-state index contributed by atoms with van der Waals surface area (Å²) in [4.78, 5) is 40.7. The van der Waals surface area contributed by atoms with Crippen molar-refractivity contribution in [3.63, 3.8) is 0 Å². The van der Waals surface area contributed by atoms with Crippen LogP contribution in [0.15, 0.2) is 0 Å². The van der Waals surface area contributed by atoms with Gasteiger partial charge < -0.3 is 30.0 Å². The molecule has 0 saturated heterocycles. The van der Waals surface area contributed by atoms with E-state index in [0.29, 0.717) is 0 Å². The summed E-state index contributed by atoms with van der Waals surface area (Å²) < 4.78 is 0. The van der Waals surface area contributed by atoms with Gasteiger partial charge in [-0.15, -0.1) is 0 Å². The molecule has 12 heteroatoms. The fraction of sp³-hybridized carbons (Fsp3) is 0.333. The smallest absolute Gasteiger partial charge is 0.662 e. The minimum Gasteiger partial charge on any atom is -0.662 e. The van der Waals surface area contributed by atoms with Gasteiger partial charge in [-0.3, -0.25) is 14.4 Å². The van der Waals surface area contributed by atoms with Crippen LogP contribution in [-0.4, -0.2) is 35.2 Å². The Kier molecular flexibility index (Phi) is 87.5. The number of carboxylic acid groups (broad SMARTS) is 2. The van der Waals surface area contributed by atoms with Gasteiger partial charge in [-0.05, 0) is 6.92 Å². The van der Waals surface area contributed by atoms with Gasteiger partial charge in [0.05, 0.1) is 0 Å². The van der Waals surface area contributed by atoms with Crippen molar-refractivity contribution in [2.75, 3.05) is 0 Å². The first-order chi connectivity index (χ1) is 7.29. The van der Waals surface area contributed by atoms with E-state index in [0.717, 1.165) is 13.8 Å². The van der Waals surface area contributed by atoms with E-state index >= 15 is 0 Å². The average Bonchev–Trinajstić information content (AvgIpc) is 2.16. The molecule has 0 radical (unpaired) electrons.